The van der Waals surface area contributed by atoms with E-state index in [1.165, 1.54) is 0 Å². The first-order valence-corrected chi connectivity index (χ1v) is 10.2. The number of aliphatic hydroxyl groups excluding tert-OH is 1. The van der Waals surface area contributed by atoms with Gasteiger partial charge in [0.1, 0.15) is 17.5 Å². The largest absolute Gasteiger partial charge is 0.491 e. The maximum atomic E-state index is 11.2. The Balaban J connectivity index is 2.03. The van der Waals surface area contributed by atoms with Crippen molar-refractivity contribution in [2.45, 2.75) is 76.2 Å². The van der Waals surface area contributed by atoms with Crippen molar-refractivity contribution in [2.75, 3.05) is 13.2 Å². The van der Waals surface area contributed by atoms with Crippen LogP contribution in [0.25, 0.3) is 0 Å². The molecule has 7 heteroatoms. The lowest BCUT2D eigenvalue weighted by molar-refractivity contribution is -0.137. The SMILES string of the molecule is CCCC[C@@H](C)Oc1ccnc(C[C@](O)(C(O)C=O)[C@@H](N)COCC2CC2)c1. The highest BCUT2D eigenvalue weighted by Crippen LogP contribution is 2.29. The van der Waals surface area contributed by atoms with Gasteiger partial charge in [-0.25, -0.2) is 0 Å². The highest BCUT2D eigenvalue weighted by molar-refractivity contribution is 5.58. The Morgan fingerprint density at radius 3 is 2.86 bits per heavy atom. The van der Waals surface area contributed by atoms with Crippen molar-refractivity contribution in [3.63, 3.8) is 0 Å². The minimum atomic E-state index is -1.87. The molecule has 0 radical (unpaired) electrons. The summed E-state index contributed by atoms with van der Waals surface area (Å²) < 4.78 is 11.5. The molecule has 28 heavy (non-hydrogen) atoms. The summed E-state index contributed by atoms with van der Waals surface area (Å²) in [5, 5.41) is 21.1. The van der Waals surface area contributed by atoms with E-state index in [-0.39, 0.29) is 19.1 Å². The zero-order valence-corrected chi connectivity index (χ0v) is 16.9. The van der Waals surface area contributed by atoms with Gasteiger partial charge in [-0.05, 0) is 38.2 Å². The van der Waals surface area contributed by atoms with E-state index in [9.17, 15) is 15.0 Å². The smallest absolute Gasteiger partial charge is 0.151 e. The molecular weight excluding hydrogens is 360 g/mol. The Morgan fingerprint density at radius 2 is 2.21 bits per heavy atom. The van der Waals surface area contributed by atoms with Crippen LogP contribution in [0.4, 0.5) is 0 Å². The molecule has 0 amide bonds. The molecular formula is C21H34N2O5. The lowest BCUT2D eigenvalue weighted by Gasteiger charge is -2.35. The number of rotatable bonds is 14. The highest BCUT2D eigenvalue weighted by Gasteiger charge is 2.42. The van der Waals surface area contributed by atoms with Gasteiger partial charge in [0.15, 0.2) is 6.29 Å². The third-order valence-electron chi connectivity index (χ3n) is 5.18. The molecule has 1 heterocycles. The fourth-order valence-electron chi connectivity index (χ4n) is 3.06. The summed E-state index contributed by atoms with van der Waals surface area (Å²) in [4.78, 5) is 15.4. The van der Waals surface area contributed by atoms with Crippen molar-refractivity contribution in [1.82, 2.24) is 4.98 Å². The number of carbonyl (C=O) groups excluding carboxylic acids is 1. The predicted molar refractivity (Wildman–Crippen MR) is 106 cm³/mol. The first-order valence-electron chi connectivity index (χ1n) is 10.2. The van der Waals surface area contributed by atoms with Crippen LogP contribution in [0, 0.1) is 5.92 Å². The minimum absolute atomic E-state index is 0.0577. The Labute approximate surface area is 167 Å². The standard InChI is InChI=1S/C21H34N2O5/c1-3-4-5-15(2)28-18-8-9-23-17(10-18)11-21(26,20(25)12-24)19(22)14-27-13-16-6-7-16/h8-10,12,15-16,19-20,25-26H,3-7,11,13-14,22H2,1-2H3/t15-,19+,20?,21-/m1/s1. The maximum Gasteiger partial charge on any atom is 0.151 e. The number of aromatic nitrogens is 1. The molecule has 1 saturated carbocycles. The zero-order valence-electron chi connectivity index (χ0n) is 16.9. The van der Waals surface area contributed by atoms with Gasteiger partial charge in [-0.3, -0.25) is 4.98 Å². The van der Waals surface area contributed by atoms with Crippen LogP contribution in [0.15, 0.2) is 18.3 Å². The van der Waals surface area contributed by atoms with Gasteiger partial charge < -0.3 is 30.2 Å². The number of hydrogen-bond donors (Lipinski definition) is 3. The van der Waals surface area contributed by atoms with Gasteiger partial charge >= 0.3 is 0 Å². The van der Waals surface area contributed by atoms with E-state index in [2.05, 4.69) is 11.9 Å². The summed E-state index contributed by atoms with van der Waals surface area (Å²) in [5.41, 5.74) is 4.72. The molecule has 1 aliphatic carbocycles. The number of unbranched alkanes of at least 4 members (excludes halogenated alkanes) is 1. The summed E-state index contributed by atoms with van der Waals surface area (Å²) >= 11 is 0. The third kappa shape index (κ3) is 6.81. The topological polar surface area (TPSA) is 115 Å². The molecule has 0 aliphatic heterocycles. The van der Waals surface area contributed by atoms with Crippen molar-refractivity contribution in [3.05, 3.63) is 24.0 Å². The predicted octanol–water partition coefficient (Wildman–Crippen LogP) is 1.63. The van der Waals surface area contributed by atoms with E-state index in [0.717, 1.165) is 32.1 Å². The Morgan fingerprint density at radius 1 is 1.46 bits per heavy atom. The first kappa shape index (κ1) is 22.7. The Kier molecular flexibility index (Phi) is 8.82. The maximum absolute atomic E-state index is 11.2. The van der Waals surface area contributed by atoms with Crippen LogP contribution < -0.4 is 10.5 Å². The molecule has 1 unspecified atom stereocenters. The fourth-order valence-corrected chi connectivity index (χ4v) is 3.06. The van der Waals surface area contributed by atoms with Crippen LogP contribution in [-0.4, -0.2) is 58.5 Å². The van der Waals surface area contributed by atoms with Crippen molar-refractivity contribution in [2.24, 2.45) is 11.7 Å². The molecule has 0 spiro atoms. The Bertz CT molecular complexity index is 610. The lowest BCUT2D eigenvalue weighted by atomic mass is 9.84. The van der Waals surface area contributed by atoms with E-state index in [1.807, 2.05) is 6.92 Å². The molecule has 0 bridgehead atoms. The fraction of sp³-hybridized carbons (Fsp3) is 0.714. The average molecular weight is 395 g/mol. The van der Waals surface area contributed by atoms with Crippen LogP contribution in [-0.2, 0) is 16.0 Å². The van der Waals surface area contributed by atoms with Gasteiger partial charge in [0.25, 0.3) is 0 Å². The zero-order chi connectivity index (χ0) is 20.6. The number of aliphatic hydroxyl groups is 2. The molecule has 4 N–H and O–H groups in total. The third-order valence-corrected chi connectivity index (χ3v) is 5.18. The summed E-state index contributed by atoms with van der Waals surface area (Å²) in [7, 11) is 0. The second kappa shape index (κ2) is 10.9. The van der Waals surface area contributed by atoms with Gasteiger partial charge in [-0.1, -0.05) is 19.8 Å². The van der Waals surface area contributed by atoms with Crippen molar-refractivity contribution >= 4 is 6.29 Å². The summed E-state index contributed by atoms with van der Waals surface area (Å²) in [6.45, 7) is 4.78. The number of ether oxygens (including phenoxy) is 2. The number of aldehydes is 1. The lowest BCUT2D eigenvalue weighted by Crippen LogP contribution is -2.60. The van der Waals surface area contributed by atoms with Crippen LogP contribution in [0.3, 0.4) is 0 Å². The van der Waals surface area contributed by atoms with Crippen molar-refractivity contribution in [3.8, 4) is 5.75 Å². The molecule has 4 atom stereocenters. The summed E-state index contributed by atoms with van der Waals surface area (Å²) in [6, 6.07) is 2.53. The quantitative estimate of drug-likeness (QED) is 0.411. The molecule has 1 aromatic heterocycles. The molecule has 1 aliphatic rings. The minimum Gasteiger partial charge on any atom is -0.491 e. The molecule has 1 fully saturated rings. The van der Waals surface area contributed by atoms with Crippen LogP contribution in [0.1, 0.15) is 51.6 Å². The monoisotopic (exact) mass is 394 g/mol. The molecule has 7 nitrogen and oxygen atoms in total. The van der Waals surface area contributed by atoms with Crippen molar-refractivity contribution in [1.29, 1.82) is 0 Å². The van der Waals surface area contributed by atoms with Crippen LogP contribution in [0.2, 0.25) is 0 Å². The van der Waals surface area contributed by atoms with Gasteiger partial charge in [0.05, 0.1) is 18.8 Å². The van der Waals surface area contributed by atoms with Crippen LogP contribution in [0.5, 0.6) is 5.75 Å². The molecule has 2 rings (SSSR count). The van der Waals surface area contributed by atoms with E-state index >= 15 is 0 Å². The average Bonchev–Trinajstić information content (AvgIpc) is 3.50. The number of nitrogens with two attached hydrogens (primary N) is 1. The summed E-state index contributed by atoms with van der Waals surface area (Å²) in [6.07, 6.45) is 5.65. The second-order valence-electron chi connectivity index (χ2n) is 7.89. The number of hydrogen-bond acceptors (Lipinski definition) is 7. The van der Waals surface area contributed by atoms with Gasteiger partial charge in [0, 0.05) is 31.0 Å². The molecule has 158 valence electrons. The highest BCUT2D eigenvalue weighted by atomic mass is 16.5. The van der Waals surface area contributed by atoms with E-state index < -0.39 is 17.7 Å². The van der Waals surface area contributed by atoms with Gasteiger partial charge in [0.2, 0.25) is 0 Å². The van der Waals surface area contributed by atoms with Crippen molar-refractivity contribution < 1.29 is 24.5 Å². The summed E-state index contributed by atoms with van der Waals surface area (Å²) in [5.74, 6) is 1.19. The first-order chi connectivity index (χ1) is 13.4. The Hall–Kier alpha value is -1.54. The van der Waals surface area contributed by atoms with Crippen LogP contribution >= 0.6 is 0 Å². The number of carbonyl (C=O) groups is 1. The van der Waals surface area contributed by atoms with E-state index in [0.29, 0.717) is 30.3 Å². The van der Waals surface area contributed by atoms with E-state index in [4.69, 9.17) is 15.2 Å². The molecule has 0 saturated heterocycles. The number of pyridine rings is 1. The number of nitrogens with zero attached hydrogens (tertiary/aromatic N) is 1. The van der Waals surface area contributed by atoms with Gasteiger partial charge in [-0.15, -0.1) is 0 Å². The second-order valence-corrected chi connectivity index (χ2v) is 7.89. The normalized spacial score (nSPS) is 19.5. The van der Waals surface area contributed by atoms with E-state index in [1.54, 1.807) is 18.3 Å². The molecule has 0 aromatic carbocycles. The molecule has 1 aromatic rings. The van der Waals surface area contributed by atoms with Gasteiger partial charge in [-0.2, -0.15) is 0 Å².